The molecule has 2 amide bonds. The predicted octanol–water partition coefficient (Wildman–Crippen LogP) is 3.93. The zero-order valence-electron chi connectivity index (χ0n) is 18.4. The maximum atomic E-state index is 11.9. The molecule has 4 heterocycles. The van der Waals surface area contributed by atoms with Crippen molar-refractivity contribution < 1.29 is 9.53 Å². The molecule has 0 saturated heterocycles. The monoisotopic (exact) mass is 454 g/mol. The number of fused-ring (bicyclic) bond motifs is 1. The molecule has 0 spiro atoms. The van der Waals surface area contributed by atoms with Crippen LogP contribution in [0, 0.1) is 0 Å². The van der Waals surface area contributed by atoms with Crippen LogP contribution in [-0.2, 0) is 6.61 Å². The highest BCUT2D eigenvalue weighted by atomic mass is 16.5. The second kappa shape index (κ2) is 9.41. The van der Waals surface area contributed by atoms with E-state index in [9.17, 15) is 4.79 Å². The van der Waals surface area contributed by atoms with Crippen molar-refractivity contribution in [2.75, 3.05) is 11.9 Å². The van der Waals surface area contributed by atoms with Gasteiger partial charge in [-0.2, -0.15) is 5.10 Å². The number of ether oxygens (including phenoxy) is 1. The van der Waals surface area contributed by atoms with Gasteiger partial charge in [0.25, 0.3) is 0 Å². The minimum absolute atomic E-state index is 0.325. The van der Waals surface area contributed by atoms with E-state index in [0.29, 0.717) is 30.5 Å². The Balaban J connectivity index is 1.45. The molecule has 5 rings (SSSR count). The van der Waals surface area contributed by atoms with Crippen LogP contribution in [0.5, 0.6) is 5.88 Å². The number of hydrogen-bond donors (Lipinski definition) is 3. The van der Waals surface area contributed by atoms with Crippen molar-refractivity contribution in [2.45, 2.75) is 13.5 Å². The highest BCUT2D eigenvalue weighted by molar-refractivity contribution is 5.94. The molecule has 10 nitrogen and oxygen atoms in total. The third kappa shape index (κ3) is 4.56. The van der Waals surface area contributed by atoms with Crippen molar-refractivity contribution in [3.05, 3.63) is 79.0 Å². The molecular weight excluding hydrogens is 432 g/mol. The number of hydrogen-bond acceptors (Lipinski definition) is 6. The van der Waals surface area contributed by atoms with Crippen molar-refractivity contribution in [3.63, 3.8) is 0 Å². The molecule has 0 unspecified atom stereocenters. The molecule has 3 N–H and O–H groups in total. The second-order valence-electron chi connectivity index (χ2n) is 7.45. The summed E-state index contributed by atoms with van der Waals surface area (Å²) in [6.07, 6.45) is 8.80. The van der Waals surface area contributed by atoms with E-state index >= 15 is 0 Å². The van der Waals surface area contributed by atoms with Crippen molar-refractivity contribution in [2.24, 2.45) is 0 Å². The summed E-state index contributed by atoms with van der Waals surface area (Å²) >= 11 is 0. The number of aromatic nitrogens is 6. The predicted molar refractivity (Wildman–Crippen MR) is 128 cm³/mol. The molecule has 0 radical (unpaired) electrons. The number of H-pyrrole nitrogens is 1. The van der Waals surface area contributed by atoms with E-state index in [0.717, 1.165) is 27.9 Å². The summed E-state index contributed by atoms with van der Waals surface area (Å²) in [5, 5.41) is 9.78. The van der Waals surface area contributed by atoms with Gasteiger partial charge in [0.15, 0.2) is 0 Å². The first-order valence-electron chi connectivity index (χ1n) is 10.8. The topological polar surface area (TPSA) is 123 Å². The van der Waals surface area contributed by atoms with Gasteiger partial charge in [-0.25, -0.2) is 19.4 Å². The smallest absolute Gasteiger partial charge is 0.321 e. The fraction of sp³-hybridized carbons (Fsp3) is 0.125. The molecule has 10 heteroatoms. The molecular formula is C24H22N8O2. The Morgan fingerprint density at radius 1 is 1.12 bits per heavy atom. The zero-order valence-corrected chi connectivity index (χ0v) is 18.4. The van der Waals surface area contributed by atoms with Gasteiger partial charge in [-0.3, -0.25) is 10.3 Å². The number of nitrogens with zero attached hydrogens (tertiary/aromatic N) is 5. The minimum Gasteiger partial charge on any atom is -0.473 e. The lowest BCUT2D eigenvalue weighted by molar-refractivity contribution is 0.252. The van der Waals surface area contributed by atoms with E-state index in [1.165, 1.54) is 0 Å². The number of benzene rings is 1. The summed E-state index contributed by atoms with van der Waals surface area (Å²) in [4.78, 5) is 28.2. The van der Waals surface area contributed by atoms with Crippen LogP contribution in [0.3, 0.4) is 0 Å². The molecule has 0 saturated carbocycles. The third-order valence-corrected chi connectivity index (χ3v) is 5.07. The normalized spacial score (nSPS) is 10.9. The first-order chi connectivity index (χ1) is 16.7. The van der Waals surface area contributed by atoms with E-state index in [4.69, 9.17) is 4.74 Å². The summed E-state index contributed by atoms with van der Waals surface area (Å²) in [5.74, 6) is 0.873. The van der Waals surface area contributed by atoms with Crippen LogP contribution in [0.15, 0.2) is 73.4 Å². The number of rotatable bonds is 7. The molecule has 1 aromatic carbocycles. The largest absolute Gasteiger partial charge is 0.473 e. The number of urea groups is 1. The molecule has 0 atom stereocenters. The SMILES string of the molecule is CCNC(=O)Nc1nc2cc(-c3ccc(OCc4cccnc4)nc3)cc(-n3cccn3)c2[nH]1. The van der Waals surface area contributed by atoms with Gasteiger partial charge in [0, 0.05) is 54.7 Å². The summed E-state index contributed by atoms with van der Waals surface area (Å²) in [6, 6.07) is 13.1. The van der Waals surface area contributed by atoms with Gasteiger partial charge >= 0.3 is 6.03 Å². The van der Waals surface area contributed by atoms with Crippen LogP contribution in [0.25, 0.3) is 27.8 Å². The number of carbonyl (C=O) groups is 1. The number of nitrogens with one attached hydrogen (secondary N) is 3. The van der Waals surface area contributed by atoms with E-state index in [-0.39, 0.29) is 6.03 Å². The quantitative estimate of drug-likeness (QED) is 0.342. The van der Waals surface area contributed by atoms with Crippen LogP contribution >= 0.6 is 0 Å². The Kier molecular flexibility index (Phi) is 5.85. The molecule has 0 aliphatic carbocycles. The van der Waals surface area contributed by atoms with E-state index in [2.05, 4.69) is 35.7 Å². The molecule has 0 bridgehead atoms. The molecule has 34 heavy (non-hydrogen) atoms. The van der Waals surface area contributed by atoms with Gasteiger partial charge in [-0.15, -0.1) is 0 Å². The Morgan fingerprint density at radius 2 is 2.06 bits per heavy atom. The molecule has 170 valence electrons. The van der Waals surface area contributed by atoms with Crippen molar-refractivity contribution in [1.82, 2.24) is 35.0 Å². The highest BCUT2D eigenvalue weighted by Gasteiger charge is 2.14. The van der Waals surface area contributed by atoms with E-state index in [1.54, 1.807) is 29.5 Å². The number of aromatic amines is 1. The average molecular weight is 454 g/mol. The third-order valence-electron chi connectivity index (χ3n) is 5.07. The lowest BCUT2D eigenvalue weighted by Crippen LogP contribution is -2.28. The fourth-order valence-corrected chi connectivity index (χ4v) is 3.50. The maximum Gasteiger partial charge on any atom is 0.321 e. The summed E-state index contributed by atoms with van der Waals surface area (Å²) in [6.45, 7) is 2.76. The van der Waals surface area contributed by atoms with E-state index < -0.39 is 0 Å². The Labute approximate surface area is 195 Å². The highest BCUT2D eigenvalue weighted by Crippen LogP contribution is 2.30. The van der Waals surface area contributed by atoms with E-state index in [1.807, 2.05) is 55.6 Å². The van der Waals surface area contributed by atoms with Gasteiger partial charge in [-0.1, -0.05) is 6.07 Å². The van der Waals surface area contributed by atoms with Crippen molar-refractivity contribution in [1.29, 1.82) is 0 Å². The minimum atomic E-state index is -0.325. The Morgan fingerprint density at radius 3 is 2.79 bits per heavy atom. The van der Waals surface area contributed by atoms with Gasteiger partial charge in [0.1, 0.15) is 6.61 Å². The number of amides is 2. The number of anilines is 1. The Hall–Kier alpha value is -4.73. The molecule has 0 aliphatic rings. The van der Waals surface area contributed by atoms with Crippen LogP contribution in [0.4, 0.5) is 10.7 Å². The summed E-state index contributed by atoms with van der Waals surface area (Å²) in [5.41, 5.74) is 5.00. The van der Waals surface area contributed by atoms with Crippen molar-refractivity contribution in [3.8, 4) is 22.7 Å². The standard InChI is InChI=1S/C24H22N8O2/c1-2-26-24(33)31-23-29-19-11-18(12-20(22(19)30-23)32-10-4-9-28-32)17-6-7-21(27-14-17)34-15-16-5-3-8-25-13-16/h3-14H,2,15H2,1H3,(H3,26,29,30,31,33). The summed E-state index contributed by atoms with van der Waals surface area (Å²) in [7, 11) is 0. The van der Waals surface area contributed by atoms with Crippen LogP contribution in [0.2, 0.25) is 0 Å². The van der Waals surface area contributed by atoms with Gasteiger partial charge in [0.2, 0.25) is 11.8 Å². The maximum absolute atomic E-state index is 11.9. The van der Waals surface area contributed by atoms with Gasteiger partial charge in [-0.05, 0) is 42.8 Å². The van der Waals surface area contributed by atoms with Crippen LogP contribution in [0.1, 0.15) is 12.5 Å². The van der Waals surface area contributed by atoms with Crippen molar-refractivity contribution >= 4 is 23.0 Å². The Bertz CT molecular complexity index is 1400. The molecule has 0 aliphatic heterocycles. The lowest BCUT2D eigenvalue weighted by Gasteiger charge is -2.09. The molecule has 0 fully saturated rings. The first kappa shape index (κ1) is 21.1. The van der Waals surface area contributed by atoms with Crippen LogP contribution < -0.4 is 15.4 Å². The number of pyridine rings is 2. The lowest BCUT2D eigenvalue weighted by atomic mass is 10.1. The zero-order chi connectivity index (χ0) is 23.3. The van der Waals surface area contributed by atoms with Gasteiger partial charge < -0.3 is 15.0 Å². The number of carbonyl (C=O) groups excluding carboxylic acids is 1. The number of imidazole rings is 1. The van der Waals surface area contributed by atoms with Gasteiger partial charge in [0.05, 0.1) is 16.7 Å². The molecule has 4 aromatic heterocycles. The second-order valence-corrected chi connectivity index (χ2v) is 7.45. The fourth-order valence-electron chi connectivity index (χ4n) is 3.50. The average Bonchev–Trinajstić information content (AvgIpc) is 3.53. The first-order valence-corrected chi connectivity index (χ1v) is 10.8. The molecule has 5 aromatic rings. The van der Waals surface area contributed by atoms with Crippen LogP contribution in [-0.4, -0.2) is 42.3 Å². The summed E-state index contributed by atoms with van der Waals surface area (Å²) < 4.78 is 7.52.